The number of aliphatic hydroxyl groups excluding tert-OH is 1. The number of hydrogen-bond donors (Lipinski definition) is 1. The van der Waals surface area contributed by atoms with E-state index in [0.717, 1.165) is 11.5 Å². The van der Waals surface area contributed by atoms with Crippen molar-refractivity contribution in [3.8, 4) is 0 Å². The highest BCUT2D eigenvalue weighted by Gasteiger charge is 2.14. The average Bonchev–Trinajstić information content (AvgIpc) is 2.40. The molecule has 0 saturated heterocycles. The van der Waals surface area contributed by atoms with Gasteiger partial charge in [-0.3, -0.25) is 0 Å². The zero-order valence-corrected chi connectivity index (χ0v) is 10.7. The first kappa shape index (κ1) is 12.4. The van der Waals surface area contributed by atoms with Crippen LogP contribution in [0.1, 0.15) is 50.2 Å². The van der Waals surface area contributed by atoms with Gasteiger partial charge in [0, 0.05) is 0 Å². The van der Waals surface area contributed by atoms with E-state index in [4.69, 9.17) is 5.11 Å². The topological polar surface area (TPSA) is 20.2 Å². The summed E-state index contributed by atoms with van der Waals surface area (Å²) in [6, 6.07) is 8.32. The van der Waals surface area contributed by atoms with E-state index in [-0.39, 0.29) is 6.61 Å². The van der Waals surface area contributed by atoms with Crippen molar-refractivity contribution in [3.63, 3.8) is 0 Å². The second-order valence-electron chi connectivity index (χ2n) is 5.01. The monoisotopic (exact) mass is 230 g/mol. The fourth-order valence-corrected chi connectivity index (χ4v) is 2.65. The Morgan fingerprint density at radius 1 is 1.24 bits per heavy atom. The highest BCUT2D eigenvalue weighted by molar-refractivity contribution is 5.66. The molecule has 0 fully saturated rings. The van der Waals surface area contributed by atoms with Crippen LogP contribution >= 0.6 is 0 Å². The van der Waals surface area contributed by atoms with E-state index in [1.807, 2.05) is 12.1 Å². The maximum Gasteiger partial charge on any atom is 0.0681 e. The maximum atomic E-state index is 9.02. The van der Waals surface area contributed by atoms with Crippen molar-refractivity contribution in [3.05, 3.63) is 41.5 Å². The molecule has 2 rings (SSSR count). The van der Waals surface area contributed by atoms with Gasteiger partial charge in [-0.15, -0.1) is 0 Å². The van der Waals surface area contributed by atoms with Crippen LogP contribution in [0.4, 0.5) is 0 Å². The standard InChI is InChI=1S/C16H22O/c1-2-3-13-4-8-15(9-5-13)16-10-6-14(12-17)7-11-16/h6-8,10-11,13,17H,2-5,9,12H2,1H3. The third-order valence-corrected chi connectivity index (χ3v) is 3.72. The first-order valence-electron chi connectivity index (χ1n) is 6.72. The minimum Gasteiger partial charge on any atom is -0.392 e. The minimum atomic E-state index is 0.137. The van der Waals surface area contributed by atoms with Gasteiger partial charge in [0.1, 0.15) is 0 Å². The molecule has 0 saturated carbocycles. The van der Waals surface area contributed by atoms with E-state index in [0.29, 0.717) is 0 Å². The summed E-state index contributed by atoms with van der Waals surface area (Å²) >= 11 is 0. The van der Waals surface area contributed by atoms with Gasteiger partial charge in [-0.25, -0.2) is 0 Å². The largest absolute Gasteiger partial charge is 0.392 e. The summed E-state index contributed by atoms with van der Waals surface area (Å²) in [6.07, 6.45) is 8.87. The van der Waals surface area contributed by atoms with Crippen LogP contribution < -0.4 is 0 Å². The first-order chi connectivity index (χ1) is 8.33. The number of allylic oxidation sites excluding steroid dienone is 2. The molecule has 92 valence electrons. The van der Waals surface area contributed by atoms with E-state index in [2.05, 4.69) is 25.1 Å². The van der Waals surface area contributed by atoms with Gasteiger partial charge in [-0.2, -0.15) is 0 Å². The third-order valence-electron chi connectivity index (χ3n) is 3.72. The molecular formula is C16H22O. The predicted molar refractivity (Wildman–Crippen MR) is 72.6 cm³/mol. The van der Waals surface area contributed by atoms with Crippen molar-refractivity contribution in [2.45, 2.75) is 45.6 Å². The number of rotatable bonds is 4. The van der Waals surface area contributed by atoms with Crippen LogP contribution in [0.2, 0.25) is 0 Å². The Labute approximate surface area is 104 Å². The van der Waals surface area contributed by atoms with Gasteiger partial charge < -0.3 is 5.11 Å². The second-order valence-corrected chi connectivity index (χ2v) is 5.01. The fraction of sp³-hybridized carbons (Fsp3) is 0.500. The highest BCUT2D eigenvalue weighted by Crippen LogP contribution is 2.32. The molecule has 1 aromatic rings. The Morgan fingerprint density at radius 2 is 2.00 bits per heavy atom. The molecule has 1 N–H and O–H groups in total. The van der Waals surface area contributed by atoms with Crippen LogP contribution in [-0.4, -0.2) is 5.11 Å². The molecule has 0 aliphatic heterocycles. The molecular weight excluding hydrogens is 208 g/mol. The Hall–Kier alpha value is -1.08. The zero-order valence-electron chi connectivity index (χ0n) is 10.7. The van der Waals surface area contributed by atoms with Crippen molar-refractivity contribution < 1.29 is 5.11 Å². The van der Waals surface area contributed by atoms with Crippen molar-refractivity contribution in [1.82, 2.24) is 0 Å². The van der Waals surface area contributed by atoms with Gasteiger partial charge in [0.2, 0.25) is 0 Å². The summed E-state index contributed by atoms with van der Waals surface area (Å²) < 4.78 is 0. The molecule has 1 atom stereocenters. The molecule has 1 aliphatic rings. The van der Waals surface area contributed by atoms with Gasteiger partial charge in [0.15, 0.2) is 0 Å². The van der Waals surface area contributed by atoms with Gasteiger partial charge in [-0.1, -0.05) is 50.1 Å². The van der Waals surface area contributed by atoms with Gasteiger partial charge >= 0.3 is 0 Å². The van der Waals surface area contributed by atoms with E-state index in [9.17, 15) is 0 Å². The van der Waals surface area contributed by atoms with Crippen molar-refractivity contribution in [2.24, 2.45) is 5.92 Å². The van der Waals surface area contributed by atoms with Crippen molar-refractivity contribution in [1.29, 1.82) is 0 Å². The smallest absolute Gasteiger partial charge is 0.0681 e. The third kappa shape index (κ3) is 3.19. The first-order valence-corrected chi connectivity index (χ1v) is 6.72. The second kappa shape index (κ2) is 6.02. The molecule has 0 radical (unpaired) electrons. The van der Waals surface area contributed by atoms with Crippen LogP contribution in [0.3, 0.4) is 0 Å². The average molecular weight is 230 g/mol. The normalized spacial score (nSPS) is 20.1. The summed E-state index contributed by atoms with van der Waals surface area (Å²) in [4.78, 5) is 0. The summed E-state index contributed by atoms with van der Waals surface area (Å²) in [5, 5.41) is 9.02. The van der Waals surface area contributed by atoms with Crippen molar-refractivity contribution in [2.75, 3.05) is 0 Å². The lowest BCUT2D eigenvalue weighted by Gasteiger charge is -2.21. The number of benzene rings is 1. The number of hydrogen-bond acceptors (Lipinski definition) is 1. The molecule has 1 nitrogen and oxygen atoms in total. The zero-order chi connectivity index (χ0) is 12.1. The SMILES string of the molecule is CCCC1CC=C(c2ccc(CO)cc2)CC1. The summed E-state index contributed by atoms with van der Waals surface area (Å²) in [5.74, 6) is 0.903. The molecule has 1 unspecified atom stereocenters. The lowest BCUT2D eigenvalue weighted by atomic mass is 9.84. The Balaban J connectivity index is 2.03. The molecule has 0 aromatic heterocycles. The molecule has 0 bridgehead atoms. The van der Waals surface area contributed by atoms with Gasteiger partial charge in [-0.05, 0) is 41.9 Å². The predicted octanol–water partition coefficient (Wildman–Crippen LogP) is 4.16. The van der Waals surface area contributed by atoms with E-state index < -0.39 is 0 Å². The molecule has 1 aromatic carbocycles. The molecule has 0 amide bonds. The van der Waals surface area contributed by atoms with Crippen molar-refractivity contribution >= 4 is 5.57 Å². The maximum absolute atomic E-state index is 9.02. The van der Waals surface area contributed by atoms with Crippen LogP contribution in [0, 0.1) is 5.92 Å². The quantitative estimate of drug-likeness (QED) is 0.823. The van der Waals surface area contributed by atoms with E-state index in [1.54, 1.807) is 0 Å². The van der Waals surface area contributed by atoms with Crippen LogP contribution in [0.25, 0.3) is 5.57 Å². The number of aliphatic hydroxyl groups is 1. The van der Waals surface area contributed by atoms with E-state index >= 15 is 0 Å². The van der Waals surface area contributed by atoms with E-state index in [1.165, 1.54) is 43.2 Å². The summed E-state index contributed by atoms with van der Waals surface area (Å²) in [5.41, 5.74) is 3.81. The van der Waals surface area contributed by atoms with Crippen LogP contribution in [0.15, 0.2) is 30.3 Å². The van der Waals surface area contributed by atoms with Crippen LogP contribution in [-0.2, 0) is 6.61 Å². The Kier molecular flexibility index (Phi) is 4.38. The molecule has 17 heavy (non-hydrogen) atoms. The van der Waals surface area contributed by atoms with Gasteiger partial charge in [0.25, 0.3) is 0 Å². The van der Waals surface area contributed by atoms with Gasteiger partial charge in [0.05, 0.1) is 6.61 Å². The molecule has 0 spiro atoms. The lowest BCUT2D eigenvalue weighted by Crippen LogP contribution is -2.05. The molecule has 1 aliphatic carbocycles. The Morgan fingerprint density at radius 3 is 2.53 bits per heavy atom. The summed E-state index contributed by atoms with van der Waals surface area (Å²) in [7, 11) is 0. The summed E-state index contributed by atoms with van der Waals surface area (Å²) in [6.45, 7) is 2.41. The fourth-order valence-electron chi connectivity index (χ4n) is 2.65. The molecule has 1 heteroatoms. The Bertz CT molecular complexity index is 375. The minimum absolute atomic E-state index is 0.137. The highest BCUT2D eigenvalue weighted by atomic mass is 16.3. The molecule has 0 heterocycles. The lowest BCUT2D eigenvalue weighted by molar-refractivity contribution is 0.282. The van der Waals surface area contributed by atoms with Crippen LogP contribution in [0.5, 0.6) is 0 Å².